The number of nitrogens with one attached hydrogen (secondary N) is 1. The largest absolute Gasteiger partial charge is 0.420 e. The Bertz CT molecular complexity index is 986. The molecule has 1 N–H and O–H groups in total. The van der Waals surface area contributed by atoms with E-state index in [4.69, 9.17) is 22.2 Å². The van der Waals surface area contributed by atoms with Gasteiger partial charge in [-0.1, -0.05) is 23.5 Å². The van der Waals surface area contributed by atoms with Crippen LogP contribution in [0.3, 0.4) is 0 Å². The third kappa shape index (κ3) is 3.42. The molecule has 3 aromatic rings. The molecule has 6 nitrogen and oxygen atoms in total. The van der Waals surface area contributed by atoms with Crippen LogP contribution in [0.4, 0.5) is 10.6 Å². The van der Waals surface area contributed by atoms with Crippen molar-refractivity contribution < 1.29 is 9.53 Å². The van der Waals surface area contributed by atoms with Crippen molar-refractivity contribution in [2.45, 2.75) is 6.42 Å². The number of pyridine rings is 1. The molecule has 3 rings (SSSR count). The molecule has 0 fully saturated rings. The Hall–Kier alpha value is -2.76. The first-order valence-electron chi connectivity index (χ1n) is 6.98. The SMILES string of the molecule is CN(C(=O)Oc1ccc(CC#N)cc1)c1ccc2[nH]c(=S)sc2n1. The highest BCUT2D eigenvalue weighted by atomic mass is 32.1. The van der Waals surface area contributed by atoms with E-state index < -0.39 is 6.09 Å². The summed E-state index contributed by atoms with van der Waals surface area (Å²) in [6, 6.07) is 12.4. The van der Waals surface area contributed by atoms with Gasteiger partial charge in [-0.25, -0.2) is 9.78 Å². The lowest BCUT2D eigenvalue weighted by atomic mass is 10.2. The average molecular weight is 356 g/mol. The van der Waals surface area contributed by atoms with Gasteiger partial charge < -0.3 is 9.72 Å². The molecule has 0 aliphatic heterocycles. The minimum Gasteiger partial charge on any atom is -0.410 e. The molecule has 8 heteroatoms. The van der Waals surface area contributed by atoms with Gasteiger partial charge in [0.2, 0.25) is 0 Å². The highest BCUT2D eigenvalue weighted by molar-refractivity contribution is 7.73. The summed E-state index contributed by atoms with van der Waals surface area (Å²) in [6.45, 7) is 0. The maximum absolute atomic E-state index is 12.3. The van der Waals surface area contributed by atoms with Crippen LogP contribution in [0.5, 0.6) is 5.75 Å². The molecule has 0 unspecified atom stereocenters. The number of ether oxygens (including phenoxy) is 1. The molecule has 2 aromatic heterocycles. The number of H-pyrrole nitrogens is 1. The molecule has 24 heavy (non-hydrogen) atoms. The first-order chi connectivity index (χ1) is 11.6. The van der Waals surface area contributed by atoms with E-state index in [9.17, 15) is 4.79 Å². The van der Waals surface area contributed by atoms with Crippen molar-refractivity contribution in [3.05, 3.63) is 45.9 Å². The monoisotopic (exact) mass is 356 g/mol. The summed E-state index contributed by atoms with van der Waals surface area (Å²) in [6.07, 6.45) is -0.227. The van der Waals surface area contributed by atoms with Crippen LogP contribution < -0.4 is 9.64 Å². The Kier molecular flexibility index (Phi) is 4.55. The van der Waals surface area contributed by atoms with Gasteiger partial charge >= 0.3 is 6.09 Å². The predicted molar refractivity (Wildman–Crippen MR) is 95.0 cm³/mol. The highest BCUT2D eigenvalue weighted by Gasteiger charge is 2.15. The lowest BCUT2D eigenvalue weighted by molar-refractivity contribution is 0.209. The van der Waals surface area contributed by atoms with Gasteiger partial charge in [0, 0.05) is 7.05 Å². The van der Waals surface area contributed by atoms with Gasteiger partial charge in [-0.05, 0) is 42.0 Å². The lowest BCUT2D eigenvalue weighted by Crippen LogP contribution is -2.30. The Labute approximate surface area is 146 Å². The number of hydrogen-bond donors (Lipinski definition) is 1. The number of fused-ring (bicyclic) bond motifs is 1. The summed E-state index contributed by atoms with van der Waals surface area (Å²) in [5.74, 6) is 0.880. The molecule has 0 saturated carbocycles. The maximum Gasteiger partial charge on any atom is 0.420 e. The van der Waals surface area contributed by atoms with E-state index in [1.54, 1.807) is 37.4 Å². The normalized spacial score (nSPS) is 10.3. The third-order valence-electron chi connectivity index (χ3n) is 3.30. The molecule has 1 amide bonds. The first kappa shape index (κ1) is 16.1. The van der Waals surface area contributed by atoms with Crippen LogP contribution in [0.25, 0.3) is 10.3 Å². The van der Waals surface area contributed by atoms with Crippen molar-refractivity contribution in [1.82, 2.24) is 9.97 Å². The molecule has 0 aliphatic carbocycles. The Morgan fingerprint density at radius 1 is 1.38 bits per heavy atom. The number of rotatable bonds is 3. The summed E-state index contributed by atoms with van der Waals surface area (Å²) >= 11 is 6.44. The van der Waals surface area contributed by atoms with Crippen molar-refractivity contribution in [3.63, 3.8) is 0 Å². The standard InChI is InChI=1S/C16H12N4O2S2/c1-20(13-7-6-12-14(19-13)24-15(23)18-12)16(21)22-11-4-2-10(3-5-11)8-9-17/h2-7H,8H2,1H3,(H,18,23). The van der Waals surface area contributed by atoms with E-state index in [2.05, 4.69) is 16.0 Å². The molecule has 0 saturated heterocycles. The van der Waals surface area contributed by atoms with Gasteiger partial charge in [0.25, 0.3) is 0 Å². The summed E-state index contributed by atoms with van der Waals surface area (Å²) in [5.41, 5.74) is 1.70. The Balaban J connectivity index is 1.75. The fourth-order valence-corrected chi connectivity index (χ4v) is 3.09. The molecule has 1 aromatic carbocycles. The number of amides is 1. The quantitative estimate of drug-likeness (QED) is 0.716. The van der Waals surface area contributed by atoms with Crippen LogP contribution >= 0.6 is 23.6 Å². The van der Waals surface area contributed by atoms with E-state index in [-0.39, 0.29) is 0 Å². The number of hydrogen-bond acceptors (Lipinski definition) is 6. The number of aromatic amines is 1. The summed E-state index contributed by atoms with van der Waals surface area (Å²) in [7, 11) is 1.59. The molecular formula is C16H12N4O2S2. The van der Waals surface area contributed by atoms with Crippen molar-refractivity contribution in [1.29, 1.82) is 5.26 Å². The van der Waals surface area contributed by atoms with Gasteiger partial charge in [0.15, 0.2) is 3.95 Å². The van der Waals surface area contributed by atoms with Crippen LogP contribution in [0.15, 0.2) is 36.4 Å². The summed E-state index contributed by atoms with van der Waals surface area (Å²) < 4.78 is 5.96. The molecular weight excluding hydrogens is 344 g/mol. The van der Waals surface area contributed by atoms with Crippen molar-refractivity contribution in [2.75, 3.05) is 11.9 Å². The van der Waals surface area contributed by atoms with Crippen molar-refractivity contribution in [3.8, 4) is 11.8 Å². The highest BCUT2D eigenvalue weighted by Crippen LogP contribution is 2.22. The van der Waals surface area contributed by atoms with Crippen LogP contribution in [-0.4, -0.2) is 23.1 Å². The number of benzene rings is 1. The molecule has 0 radical (unpaired) electrons. The number of nitriles is 1. The van der Waals surface area contributed by atoms with E-state index in [0.29, 0.717) is 21.9 Å². The number of nitrogens with zero attached hydrogens (tertiary/aromatic N) is 3. The van der Waals surface area contributed by atoms with E-state index in [1.807, 2.05) is 6.07 Å². The second-order valence-electron chi connectivity index (χ2n) is 4.94. The summed E-state index contributed by atoms with van der Waals surface area (Å²) in [5, 5.41) is 8.65. The molecule has 120 valence electrons. The maximum atomic E-state index is 12.3. The number of anilines is 1. The smallest absolute Gasteiger partial charge is 0.410 e. The van der Waals surface area contributed by atoms with Crippen molar-refractivity contribution >= 4 is 45.8 Å². The number of carbonyl (C=O) groups excluding carboxylic acids is 1. The van der Waals surface area contributed by atoms with Gasteiger partial charge in [0.1, 0.15) is 16.4 Å². The van der Waals surface area contributed by atoms with Gasteiger partial charge in [-0.2, -0.15) is 5.26 Å². The minimum atomic E-state index is -0.547. The minimum absolute atomic E-state index is 0.320. The zero-order valence-electron chi connectivity index (χ0n) is 12.6. The number of carbonyl (C=O) groups is 1. The second-order valence-corrected chi connectivity index (χ2v) is 6.61. The van der Waals surface area contributed by atoms with Gasteiger partial charge in [-0.15, -0.1) is 0 Å². The van der Waals surface area contributed by atoms with Gasteiger partial charge in [0.05, 0.1) is 18.0 Å². The van der Waals surface area contributed by atoms with E-state index in [0.717, 1.165) is 15.9 Å². The lowest BCUT2D eigenvalue weighted by Gasteiger charge is -2.15. The average Bonchev–Trinajstić information content (AvgIpc) is 2.95. The fraction of sp³-hybridized carbons (Fsp3) is 0.125. The topological polar surface area (TPSA) is 82.0 Å². The van der Waals surface area contributed by atoms with Crippen LogP contribution in [0.2, 0.25) is 0 Å². The summed E-state index contributed by atoms with van der Waals surface area (Å²) in [4.78, 5) is 21.7. The molecule has 0 bridgehead atoms. The van der Waals surface area contributed by atoms with Crippen molar-refractivity contribution in [2.24, 2.45) is 0 Å². The fourth-order valence-electron chi connectivity index (χ4n) is 2.04. The zero-order valence-corrected chi connectivity index (χ0v) is 14.3. The van der Waals surface area contributed by atoms with E-state index in [1.165, 1.54) is 16.2 Å². The van der Waals surface area contributed by atoms with Crippen LogP contribution in [0.1, 0.15) is 5.56 Å². The Morgan fingerprint density at radius 2 is 2.12 bits per heavy atom. The van der Waals surface area contributed by atoms with Crippen LogP contribution in [0, 0.1) is 15.3 Å². The van der Waals surface area contributed by atoms with Crippen LogP contribution in [-0.2, 0) is 6.42 Å². The van der Waals surface area contributed by atoms with Gasteiger partial charge in [-0.3, -0.25) is 4.90 Å². The molecule has 2 heterocycles. The number of aromatic nitrogens is 2. The zero-order chi connectivity index (χ0) is 17.1. The first-order valence-corrected chi connectivity index (χ1v) is 8.20. The number of thiazole rings is 1. The molecule has 0 atom stereocenters. The third-order valence-corrected chi connectivity index (χ3v) is 4.44. The molecule has 0 spiro atoms. The Morgan fingerprint density at radius 3 is 2.83 bits per heavy atom. The molecule has 0 aliphatic rings. The van der Waals surface area contributed by atoms with E-state index >= 15 is 0 Å². The second kappa shape index (κ2) is 6.78. The predicted octanol–water partition coefficient (Wildman–Crippen LogP) is 4.06.